The van der Waals surface area contributed by atoms with Crippen molar-refractivity contribution in [2.45, 2.75) is 0 Å². The molecule has 0 saturated carbocycles. The molecule has 2 aromatic rings. The molecule has 0 bridgehead atoms. The van der Waals surface area contributed by atoms with Crippen molar-refractivity contribution in [1.82, 2.24) is 4.57 Å². The van der Waals surface area contributed by atoms with Crippen LogP contribution in [-0.4, -0.2) is 43.8 Å². The molecule has 0 N–H and O–H groups in total. The highest BCUT2D eigenvalue weighted by Crippen LogP contribution is 2.30. The normalized spacial score (nSPS) is 10.4. The van der Waals surface area contributed by atoms with Crippen molar-refractivity contribution in [3.05, 3.63) is 35.0 Å². The van der Waals surface area contributed by atoms with Crippen LogP contribution in [0.5, 0.6) is 0 Å². The maximum absolute atomic E-state index is 12.1. The van der Waals surface area contributed by atoms with Gasteiger partial charge in [-0.15, -0.1) is 0 Å². The van der Waals surface area contributed by atoms with Gasteiger partial charge in [0.2, 0.25) is 0 Å². The summed E-state index contributed by atoms with van der Waals surface area (Å²) in [4.78, 5) is 36.1. The number of hydrogen-bond acceptors (Lipinski definition) is 6. The minimum Gasteiger partial charge on any atom is -0.465 e. The molecule has 0 atom stereocenters. The van der Waals surface area contributed by atoms with Crippen molar-refractivity contribution >= 4 is 28.8 Å². The first-order valence-corrected chi connectivity index (χ1v) is 6.34. The summed E-state index contributed by atoms with van der Waals surface area (Å²) < 4.78 is 15.7. The molecular weight excluding hydrogens is 290 g/mol. The van der Waals surface area contributed by atoms with Crippen molar-refractivity contribution in [2.24, 2.45) is 7.05 Å². The molecule has 0 spiro atoms. The number of methoxy groups -OCH3 is 3. The quantitative estimate of drug-likeness (QED) is 0.632. The zero-order valence-corrected chi connectivity index (χ0v) is 12.6. The Morgan fingerprint density at radius 1 is 0.909 bits per heavy atom. The third-order valence-electron chi connectivity index (χ3n) is 3.40. The molecule has 1 heterocycles. The second kappa shape index (κ2) is 5.88. The summed E-state index contributed by atoms with van der Waals surface area (Å²) in [5.41, 5.74) is 0.684. The number of fused-ring (bicyclic) bond motifs is 1. The SMILES string of the molecule is COC(=O)c1cccc2c1c(C(=O)OC)c(C(=O)OC)n2C. The summed E-state index contributed by atoms with van der Waals surface area (Å²) in [6.45, 7) is 0. The van der Waals surface area contributed by atoms with E-state index in [0.717, 1.165) is 0 Å². The Hall–Kier alpha value is -2.83. The zero-order chi connectivity index (χ0) is 16.4. The average molecular weight is 305 g/mol. The highest BCUT2D eigenvalue weighted by molar-refractivity contribution is 6.18. The monoisotopic (exact) mass is 305 g/mol. The van der Waals surface area contributed by atoms with Crippen LogP contribution in [0.3, 0.4) is 0 Å². The summed E-state index contributed by atoms with van der Waals surface area (Å²) in [7, 11) is 5.25. The lowest BCUT2D eigenvalue weighted by atomic mass is 10.0. The molecule has 7 heteroatoms. The van der Waals surface area contributed by atoms with Crippen LogP contribution < -0.4 is 0 Å². The largest absolute Gasteiger partial charge is 0.465 e. The smallest absolute Gasteiger partial charge is 0.355 e. The number of nitrogens with zero attached hydrogens (tertiary/aromatic N) is 1. The van der Waals surface area contributed by atoms with Gasteiger partial charge in [0.25, 0.3) is 0 Å². The molecular formula is C15H15NO6. The van der Waals surface area contributed by atoms with Gasteiger partial charge in [0, 0.05) is 12.4 Å². The lowest BCUT2D eigenvalue weighted by Crippen LogP contribution is -2.14. The van der Waals surface area contributed by atoms with E-state index in [4.69, 9.17) is 14.2 Å². The summed E-state index contributed by atoms with van der Waals surface area (Å²) in [6, 6.07) is 4.83. The summed E-state index contributed by atoms with van der Waals surface area (Å²) in [5, 5.41) is 0.295. The standard InChI is InChI=1S/C15H15NO6/c1-16-9-7-5-6-8(13(17)20-2)10(9)11(14(18)21-3)12(16)15(19)22-4/h5-7H,1-4H3. The molecule has 1 aromatic heterocycles. The minimum atomic E-state index is -0.734. The minimum absolute atomic E-state index is 0.0145. The van der Waals surface area contributed by atoms with Crippen LogP contribution >= 0.6 is 0 Å². The van der Waals surface area contributed by atoms with Gasteiger partial charge in [0.1, 0.15) is 11.3 Å². The molecule has 0 saturated heterocycles. The second-order valence-electron chi connectivity index (χ2n) is 4.46. The Morgan fingerprint density at radius 2 is 1.50 bits per heavy atom. The van der Waals surface area contributed by atoms with Gasteiger partial charge in [-0.3, -0.25) is 0 Å². The third kappa shape index (κ3) is 2.20. The fraction of sp³-hybridized carbons (Fsp3) is 0.267. The van der Waals surface area contributed by atoms with Gasteiger partial charge in [0.05, 0.1) is 32.4 Å². The number of aryl methyl sites for hydroxylation is 1. The number of hydrogen-bond donors (Lipinski definition) is 0. The van der Waals surface area contributed by atoms with Gasteiger partial charge in [-0.25, -0.2) is 14.4 Å². The first-order chi connectivity index (χ1) is 10.5. The number of aromatic nitrogens is 1. The topological polar surface area (TPSA) is 83.8 Å². The van der Waals surface area contributed by atoms with Crippen LogP contribution in [0.15, 0.2) is 18.2 Å². The van der Waals surface area contributed by atoms with Crippen molar-refractivity contribution in [3.8, 4) is 0 Å². The molecule has 116 valence electrons. The van der Waals surface area contributed by atoms with Gasteiger partial charge in [-0.2, -0.15) is 0 Å². The number of carbonyl (C=O) groups is 3. The molecule has 2 rings (SSSR count). The van der Waals surface area contributed by atoms with Gasteiger partial charge in [0.15, 0.2) is 0 Å². The fourth-order valence-electron chi connectivity index (χ4n) is 2.41. The van der Waals surface area contributed by atoms with Crippen LogP contribution in [0.4, 0.5) is 0 Å². The van der Waals surface area contributed by atoms with Crippen molar-refractivity contribution in [2.75, 3.05) is 21.3 Å². The number of rotatable bonds is 3. The molecule has 0 amide bonds. The van der Waals surface area contributed by atoms with E-state index in [1.165, 1.54) is 32.0 Å². The van der Waals surface area contributed by atoms with Gasteiger partial charge in [-0.05, 0) is 12.1 Å². The first kappa shape index (κ1) is 15.6. The number of benzene rings is 1. The van der Waals surface area contributed by atoms with Crippen LogP contribution in [0.25, 0.3) is 10.9 Å². The van der Waals surface area contributed by atoms with E-state index in [1.54, 1.807) is 19.2 Å². The predicted molar refractivity (Wildman–Crippen MR) is 76.9 cm³/mol. The summed E-state index contributed by atoms with van der Waals surface area (Å²) in [6.07, 6.45) is 0. The van der Waals surface area contributed by atoms with Crippen molar-refractivity contribution < 1.29 is 28.6 Å². The van der Waals surface area contributed by atoms with Gasteiger partial charge >= 0.3 is 17.9 Å². The Labute approximate surface area is 126 Å². The molecule has 1 aromatic carbocycles. The lowest BCUT2D eigenvalue weighted by molar-refractivity contribution is 0.0549. The molecule has 0 aliphatic carbocycles. The molecule has 0 aliphatic rings. The van der Waals surface area contributed by atoms with Gasteiger partial charge < -0.3 is 18.8 Å². The Morgan fingerprint density at radius 3 is 2.05 bits per heavy atom. The molecule has 0 aliphatic heterocycles. The van der Waals surface area contributed by atoms with E-state index in [2.05, 4.69) is 0 Å². The molecule has 0 fully saturated rings. The Bertz CT molecular complexity index is 774. The molecule has 22 heavy (non-hydrogen) atoms. The number of esters is 3. The maximum atomic E-state index is 12.1. The predicted octanol–water partition coefficient (Wildman–Crippen LogP) is 1.54. The summed E-state index contributed by atoms with van der Waals surface area (Å²) in [5.74, 6) is -2.05. The Kier molecular flexibility index (Phi) is 4.16. The molecule has 0 unspecified atom stereocenters. The van der Waals surface area contributed by atoms with E-state index in [0.29, 0.717) is 10.9 Å². The summed E-state index contributed by atoms with van der Waals surface area (Å²) >= 11 is 0. The lowest BCUT2D eigenvalue weighted by Gasteiger charge is -2.04. The van der Waals surface area contributed by atoms with Crippen LogP contribution in [0.2, 0.25) is 0 Å². The third-order valence-corrected chi connectivity index (χ3v) is 3.40. The van der Waals surface area contributed by atoms with Crippen LogP contribution in [0, 0.1) is 0 Å². The highest BCUT2D eigenvalue weighted by atomic mass is 16.5. The van der Waals surface area contributed by atoms with Crippen LogP contribution in [0.1, 0.15) is 31.2 Å². The number of carbonyl (C=O) groups excluding carboxylic acids is 3. The van der Waals surface area contributed by atoms with Crippen molar-refractivity contribution in [1.29, 1.82) is 0 Å². The average Bonchev–Trinajstić information content (AvgIpc) is 2.85. The number of ether oxygens (including phenoxy) is 3. The van der Waals surface area contributed by atoms with E-state index >= 15 is 0 Å². The second-order valence-corrected chi connectivity index (χ2v) is 4.46. The van der Waals surface area contributed by atoms with E-state index in [9.17, 15) is 14.4 Å². The molecule has 0 radical (unpaired) electrons. The van der Waals surface area contributed by atoms with E-state index in [-0.39, 0.29) is 16.8 Å². The van der Waals surface area contributed by atoms with Gasteiger partial charge in [-0.1, -0.05) is 6.07 Å². The fourth-order valence-corrected chi connectivity index (χ4v) is 2.41. The Balaban J connectivity index is 2.97. The van der Waals surface area contributed by atoms with Crippen LogP contribution in [-0.2, 0) is 21.3 Å². The zero-order valence-electron chi connectivity index (χ0n) is 12.6. The van der Waals surface area contributed by atoms with E-state index in [1.807, 2.05) is 0 Å². The maximum Gasteiger partial charge on any atom is 0.355 e. The van der Waals surface area contributed by atoms with E-state index < -0.39 is 17.9 Å². The highest BCUT2D eigenvalue weighted by Gasteiger charge is 2.30. The first-order valence-electron chi connectivity index (χ1n) is 6.34. The molecule has 7 nitrogen and oxygen atoms in total. The van der Waals surface area contributed by atoms with Crippen molar-refractivity contribution in [3.63, 3.8) is 0 Å².